The molecule has 10 heteroatoms. The SMILES string of the molecule is O=C(Nc1ccnc2ccnn12)c1sccc1-n1cnnn1. The molecule has 0 unspecified atom stereocenters. The molecule has 1 amide bonds. The molecule has 0 saturated heterocycles. The Morgan fingerprint density at radius 2 is 2.18 bits per heavy atom. The predicted octanol–water partition coefficient (Wildman–Crippen LogP) is 1.02. The zero-order valence-electron chi connectivity index (χ0n) is 11.0. The van der Waals surface area contributed by atoms with Crippen LogP contribution in [-0.2, 0) is 0 Å². The summed E-state index contributed by atoms with van der Waals surface area (Å²) in [6.45, 7) is 0. The number of tetrazole rings is 1. The molecule has 0 atom stereocenters. The number of rotatable bonds is 3. The van der Waals surface area contributed by atoms with Gasteiger partial charge in [0.1, 0.15) is 17.0 Å². The van der Waals surface area contributed by atoms with Crippen molar-refractivity contribution in [3.63, 3.8) is 0 Å². The third-order valence-corrected chi connectivity index (χ3v) is 3.88. The van der Waals surface area contributed by atoms with E-state index in [0.717, 1.165) is 0 Å². The maximum absolute atomic E-state index is 12.5. The molecular weight excluding hydrogens is 304 g/mol. The lowest BCUT2D eigenvalue weighted by Crippen LogP contribution is -2.15. The lowest BCUT2D eigenvalue weighted by Gasteiger charge is -2.07. The molecule has 0 aliphatic carbocycles. The van der Waals surface area contributed by atoms with Crippen molar-refractivity contribution in [3.05, 3.63) is 47.2 Å². The van der Waals surface area contributed by atoms with Crippen molar-refractivity contribution in [2.24, 2.45) is 0 Å². The molecule has 9 nitrogen and oxygen atoms in total. The first kappa shape index (κ1) is 12.6. The Labute approximate surface area is 127 Å². The van der Waals surface area contributed by atoms with Gasteiger partial charge in [0.15, 0.2) is 5.65 Å². The molecule has 0 saturated carbocycles. The number of nitrogens with zero attached hydrogens (tertiary/aromatic N) is 7. The number of carbonyl (C=O) groups is 1. The molecule has 4 aromatic rings. The average Bonchev–Trinajstić information content (AvgIpc) is 3.27. The first-order valence-corrected chi connectivity index (χ1v) is 7.12. The Morgan fingerprint density at radius 3 is 3.05 bits per heavy atom. The molecule has 1 N–H and O–H groups in total. The summed E-state index contributed by atoms with van der Waals surface area (Å²) in [4.78, 5) is 17.2. The van der Waals surface area contributed by atoms with Crippen molar-refractivity contribution in [2.75, 3.05) is 5.32 Å². The minimum atomic E-state index is -0.261. The highest BCUT2D eigenvalue weighted by Crippen LogP contribution is 2.21. The number of amides is 1. The number of anilines is 1. The number of nitrogens with one attached hydrogen (secondary N) is 1. The molecule has 0 fully saturated rings. The largest absolute Gasteiger partial charge is 0.306 e. The van der Waals surface area contributed by atoms with E-state index in [1.807, 2.05) is 5.38 Å². The van der Waals surface area contributed by atoms with Crippen molar-refractivity contribution < 1.29 is 4.79 Å². The van der Waals surface area contributed by atoms with E-state index < -0.39 is 0 Å². The van der Waals surface area contributed by atoms with Crippen molar-refractivity contribution in [2.45, 2.75) is 0 Å². The molecule has 4 aromatic heterocycles. The topological polar surface area (TPSA) is 103 Å². The molecule has 0 spiro atoms. The smallest absolute Gasteiger partial charge is 0.269 e. The van der Waals surface area contributed by atoms with Crippen LogP contribution < -0.4 is 5.32 Å². The monoisotopic (exact) mass is 312 g/mol. The zero-order valence-corrected chi connectivity index (χ0v) is 11.8. The first-order valence-electron chi connectivity index (χ1n) is 6.24. The molecule has 0 bridgehead atoms. The van der Waals surface area contributed by atoms with Crippen LogP contribution in [0.5, 0.6) is 0 Å². The van der Waals surface area contributed by atoms with Crippen LogP contribution >= 0.6 is 11.3 Å². The van der Waals surface area contributed by atoms with Crippen molar-refractivity contribution >= 4 is 28.7 Å². The minimum Gasteiger partial charge on any atom is -0.306 e. The van der Waals surface area contributed by atoms with E-state index in [1.54, 1.807) is 35.1 Å². The minimum absolute atomic E-state index is 0.261. The standard InChI is InChI=1S/C12H8N8OS/c21-12(11-8(3-6-22-11)19-7-14-17-18-19)16-10-1-4-13-9-2-5-15-20(9)10/h1-7H,(H,16,21). The fourth-order valence-corrected chi connectivity index (χ4v) is 2.80. The van der Waals surface area contributed by atoms with E-state index in [4.69, 9.17) is 0 Å². The predicted molar refractivity (Wildman–Crippen MR) is 78.0 cm³/mol. The van der Waals surface area contributed by atoms with E-state index in [2.05, 4.69) is 30.9 Å². The molecule has 4 heterocycles. The normalized spacial score (nSPS) is 10.9. The summed E-state index contributed by atoms with van der Waals surface area (Å²) in [5, 5.41) is 19.7. The molecular formula is C12H8N8OS. The third-order valence-electron chi connectivity index (χ3n) is 2.98. The summed E-state index contributed by atoms with van der Waals surface area (Å²) >= 11 is 1.31. The van der Waals surface area contributed by atoms with Gasteiger partial charge in [0.05, 0.1) is 11.9 Å². The summed E-state index contributed by atoms with van der Waals surface area (Å²) in [7, 11) is 0. The summed E-state index contributed by atoms with van der Waals surface area (Å²) in [5.74, 6) is 0.277. The molecule has 0 aliphatic heterocycles. The van der Waals surface area contributed by atoms with Crippen LogP contribution in [0.1, 0.15) is 9.67 Å². The third kappa shape index (κ3) is 2.02. The van der Waals surface area contributed by atoms with E-state index in [0.29, 0.717) is 22.0 Å². The fourth-order valence-electron chi connectivity index (χ4n) is 2.03. The average molecular weight is 312 g/mol. The Morgan fingerprint density at radius 1 is 1.23 bits per heavy atom. The lowest BCUT2D eigenvalue weighted by molar-refractivity contribution is 0.102. The zero-order chi connectivity index (χ0) is 14.9. The van der Waals surface area contributed by atoms with E-state index >= 15 is 0 Å². The number of thiophene rings is 1. The second-order valence-corrected chi connectivity index (χ2v) is 5.19. The van der Waals surface area contributed by atoms with Gasteiger partial charge in [0.25, 0.3) is 5.91 Å². The highest BCUT2D eigenvalue weighted by Gasteiger charge is 2.17. The van der Waals surface area contributed by atoms with Gasteiger partial charge in [0, 0.05) is 12.3 Å². The molecule has 108 valence electrons. The molecule has 0 radical (unpaired) electrons. The van der Waals surface area contributed by atoms with Gasteiger partial charge in [-0.05, 0) is 27.9 Å². The second kappa shape index (κ2) is 5.00. The molecule has 4 rings (SSSR count). The molecule has 0 aliphatic rings. The van der Waals surface area contributed by atoms with Crippen LogP contribution in [0.2, 0.25) is 0 Å². The van der Waals surface area contributed by atoms with Crippen LogP contribution in [0.25, 0.3) is 11.3 Å². The highest BCUT2D eigenvalue weighted by atomic mass is 32.1. The summed E-state index contributed by atoms with van der Waals surface area (Å²) < 4.78 is 3.00. The summed E-state index contributed by atoms with van der Waals surface area (Å²) in [6, 6.07) is 5.22. The van der Waals surface area contributed by atoms with Crippen molar-refractivity contribution in [1.82, 2.24) is 34.8 Å². The Kier molecular flexibility index (Phi) is 2.86. The highest BCUT2D eigenvalue weighted by molar-refractivity contribution is 7.12. The lowest BCUT2D eigenvalue weighted by atomic mass is 10.3. The van der Waals surface area contributed by atoms with Gasteiger partial charge in [-0.25, -0.2) is 4.98 Å². The van der Waals surface area contributed by atoms with Gasteiger partial charge >= 0.3 is 0 Å². The van der Waals surface area contributed by atoms with Gasteiger partial charge in [0.2, 0.25) is 0 Å². The van der Waals surface area contributed by atoms with Gasteiger partial charge in [-0.15, -0.1) is 16.4 Å². The Bertz CT molecular complexity index is 941. The Balaban J connectivity index is 1.69. The number of aromatic nitrogens is 7. The van der Waals surface area contributed by atoms with Crippen LogP contribution in [0.4, 0.5) is 5.82 Å². The van der Waals surface area contributed by atoms with Crippen molar-refractivity contribution in [3.8, 4) is 5.69 Å². The first-order chi connectivity index (χ1) is 10.8. The summed E-state index contributed by atoms with van der Waals surface area (Å²) in [6.07, 6.45) is 4.68. The maximum atomic E-state index is 12.5. The second-order valence-electron chi connectivity index (χ2n) is 4.27. The number of hydrogen-bond donors (Lipinski definition) is 1. The van der Waals surface area contributed by atoms with Gasteiger partial charge in [-0.3, -0.25) is 4.79 Å². The van der Waals surface area contributed by atoms with E-state index in [-0.39, 0.29) is 5.91 Å². The van der Waals surface area contributed by atoms with Gasteiger partial charge < -0.3 is 5.32 Å². The fraction of sp³-hybridized carbons (Fsp3) is 0. The van der Waals surface area contributed by atoms with Crippen LogP contribution in [0.3, 0.4) is 0 Å². The van der Waals surface area contributed by atoms with Crippen LogP contribution in [0, 0.1) is 0 Å². The molecule has 0 aromatic carbocycles. The van der Waals surface area contributed by atoms with Crippen LogP contribution in [-0.4, -0.2) is 40.7 Å². The number of hydrogen-bond acceptors (Lipinski definition) is 7. The maximum Gasteiger partial charge on any atom is 0.269 e. The van der Waals surface area contributed by atoms with E-state index in [9.17, 15) is 4.79 Å². The number of carbonyl (C=O) groups excluding carboxylic acids is 1. The Hall–Kier alpha value is -3.14. The van der Waals surface area contributed by atoms with Gasteiger partial charge in [-0.1, -0.05) is 0 Å². The van der Waals surface area contributed by atoms with Gasteiger partial charge in [-0.2, -0.15) is 14.3 Å². The quantitative estimate of drug-likeness (QED) is 0.606. The van der Waals surface area contributed by atoms with E-state index in [1.165, 1.54) is 22.3 Å². The summed E-state index contributed by atoms with van der Waals surface area (Å²) in [5.41, 5.74) is 1.28. The number of fused-ring (bicyclic) bond motifs is 1. The molecule has 22 heavy (non-hydrogen) atoms. The van der Waals surface area contributed by atoms with Crippen LogP contribution in [0.15, 0.2) is 42.3 Å². The van der Waals surface area contributed by atoms with Crippen molar-refractivity contribution in [1.29, 1.82) is 0 Å².